The van der Waals surface area contributed by atoms with Gasteiger partial charge in [-0.05, 0) is 18.9 Å². The van der Waals surface area contributed by atoms with Crippen LogP contribution in [-0.2, 0) is 0 Å². The lowest BCUT2D eigenvalue weighted by Gasteiger charge is -2.35. The van der Waals surface area contributed by atoms with Crippen LogP contribution in [0.15, 0.2) is 30.5 Å². The van der Waals surface area contributed by atoms with E-state index in [0.29, 0.717) is 11.9 Å². The highest BCUT2D eigenvalue weighted by molar-refractivity contribution is 5.85. The molecule has 1 aliphatic rings. The average Bonchev–Trinajstić information content (AvgIpc) is 2.46. The van der Waals surface area contributed by atoms with E-state index >= 15 is 0 Å². The first-order valence-corrected chi connectivity index (χ1v) is 6.80. The summed E-state index contributed by atoms with van der Waals surface area (Å²) in [5.41, 5.74) is 2.45. The van der Waals surface area contributed by atoms with Gasteiger partial charge in [0.1, 0.15) is 0 Å². The van der Waals surface area contributed by atoms with Crippen molar-refractivity contribution in [1.82, 2.24) is 15.2 Å². The Morgan fingerprint density at radius 1 is 1.38 bits per heavy atom. The summed E-state index contributed by atoms with van der Waals surface area (Å²) in [5.74, 6) is 0.665. The predicted molar refractivity (Wildman–Crippen MR) is 91.9 cm³/mol. The average molecular weight is 334 g/mol. The minimum Gasteiger partial charge on any atom is -0.481 e. The summed E-state index contributed by atoms with van der Waals surface area (Å²) >= 11 is 0. The molecule has 21 heavy (non-hydrogen) atoms. The van der Waals surface area contributed by atoms with Crippen LogP contribution in [-0.4, -0.2) is 43.2 Å². The summed E-state index contributed by atoms with van der Waals surface area (Å²) in [5, 5.41) is 3.39. The van der Waals surface area contributed by atoms with Gasteiger partial charge in [-0.1, -0.05) is 11.6 Å². The lowest BCUT2D eigenvalue weighted by Crippen LogP contribution is -2.45. The molecule has 0 amide bonds. The summed E-state index contributed by atoms with van der Waals surface area (Å²) < 4.78 is 5.12. The van der Waals surface area contributed by atoms with Gasteiger partial charge in [-0.2, -0.15) is 0 Å². The van der Waals surface area contributed by atoms with Crippen LogP contribution < -0.4 is 10.1 Å². The van der Waals surface area contributed by atoms with Crippen molar-refractivity contribution in [2.45, 2.75) is 19.4 Å². The third-order valence-corrected chi connectivity index (χ3v) is 3.49. The van der Waals surface area contributed by atoms with Crippen LogP contribution in [0.1, 0.15) is 24.9 Å². The number of ether oxygens (including phenoxy) is 1. The van der Waals surface area contributed by atoms with Gasteiger partial charge in [0.25, 0.3) is 0 Å². The van der Waals surface area contributed by atoms with E-state index in [1.807, 2.05) is 12.3 Å². The van der Waals surface area contributed by atoms with Gasteiger partial charge in [0.15, 0.2) is 0 Å². The van der Waals surface area contributed by atoms with Crippen LogP contribution in [0.2, 0.25) is 0 Å². The van der Waals surface area contributed by atoms with Crippen molar-refractivity contribution in [2.75, 3.05) is 33.3 Å². The molecule has 1 N–H and O–H groups in total. The lowest BCUT2D eigenvalue weighted by molar-refractivity contribution is 0.172. The summed E-state index contributed by atoms with van der Waals surface area (Å²) in [6.07, 6.45) is 2.91. The molecule has 1 aromatic heterocycles. The van der Waals surface area contributed by atoms with Crippen LogP contribution >= 0.6 is 24.8 Å². The second kappa shape index (κ2) is 10.0. The van der Waals surface area contributed by atoms with E-state index < -0.39 is 0 Å². The number of pyridine rings is 1. The number of nitrogens with one attached hydrogen (secondary N) is 1. The highest BCUT2D eigenvalue weighted by Crippen LogP contribution is 2.27. The summed E-state index contributed by atoms with van der Waals surface area (Å²) in [6, 6.07) is 4.42. The molecule has 120 valence electrons. The largest absolute Gasteiger partial charge is 0.481 e. The molecule has 1 aromatic rings. The minimum atomic E-state index is 0. The molecule has 6 heteroatoms. The van der Waals surface area contributed by atoms with Crippen molar-refractivity contribution in [2.24, 2.45) is 0 Å². The first kappa shape index (κ1) is 20.2. The second-order valence-corrected chi connectivity index (χ2v) is 5.10. The van der Waals surface area contributed by atoms with Crippen molar-refractivity contribution in [1.29, 1.82) is 0 Å². The van der Waals surface area contributed by atoms with Crippen LogP contribution in [0, 0.1) is 0 Å². The number of halogens is 2. The first-order valence-electron chi connectivity index (χ1n) is 6.80. The van der Waals surface area contributed by atoms with Gasteiger partial charge in [0.05, 0.1) is 7.11 Å². The van der Waals surface area contributed by atoms with Gasteiger partial charge < -0.3 is 10.1 Å². The van der Waals surface area contributed by atoms with Crippen molar-refractivity contribution in [3.8, 4) is 5.88 Å². The van der Waals surface area contributed by atoms with Gasteiger partial charge >= 0.3 is 0 Å². The molecule has 1 atom stereocenters. The van der Waals surface area contributed by atoms with Crippen molar-refractivity contribution in [3.63, 3.8) is 0 Å². The van der Waals surface area contributed by atoms with Crippen molar-refractivity contribution >= 4 is 24.8 Å². The van der Waals surface area contributed by atoms with Crippen LogP contribution in [0.4, 0.5) is 0 Å². The molecule has 1 fully saturated rings. The Balaban J connectivity index is 0.00000200. The molecule has 0 saturated carbocycles. The molecule has 0 bridgehead atoms. The molecule has 0 aliphatic carbocycles. The molecule has 0 spiro atoms. The fourth-order valence-corrected chi connectivity index (χ4v) is 2.49. The smallest absolute Gasteiger partial charge is 0.212 e. The zero-order chi connectivity index (χ0) is 13.7. The van der Waals surface area contributed by atoms with E-state index in [2.05, 4.69) is 34.8 Å². The van der Waals surface area contributed by atoms with Gasteiger partial charge in [0, 0.05) is 44.5 Å². The highest BCUT2D eigenvalue weighted by Gasteiger charge is 2.22. The Hall–Kier alpha value is -0.810. The Morgan fingerprint density at radius 2 is 2.05 bits per heavy atom. The Kier molecular flexibility index (Phi) is 9.62. The summed E-state index contributed by atoms with van der Waals surface area (Å²) in [6.45, 7) is 10.4. The minimum absolute atomic E-state index is 0. The molecule has 4 nitrogen and oxygen atoms in total. The van der Waals surface area contributed by atoms with Gasteiger partial charge in [-0.15, -0.1) is 31.4 Å². The maximum absolute atomic E-state index is 5.12. The molecule has 1 saturated heterocycles. The topological polar surface area (TPSA) is 37.4 Å². The van der Waals surface area contributed by atoms with E-state index in [-0.39, 0.29) is 24.8 Å². The number of aromatic nitrogens is 1. The maximum Gasteiger partial charge on any atom is 0.212 e. The van der Waals surface area contributed by atoms with E-state index in [9.17, 15) is 0 Å². The number of piperazine rings is 1. The number of nitrogens with zero attached hydrogens (tertiary/aromatic N) is 2. The fourth-order valence-electron chi connectivity index (χ4n) is 2.49. The Morgan fingerprint density at radius 3 is 2.52 bits per heavy atom. The lowest BCUT2D eigenvalue weighted by atomic mass is 9.99. The van der Waals surface area contributed by atoms with E-state index in [4.69, 9.17) is 4.74 Å². The summed E-state index contributed by atoms with van der Waals surface area (Å²) in [7, 11) is 1.64. The van der Waals surface area contributed by atoms with Gasteiger partial charge in [-0.25, -0.2) is 4.98 Å². The fraction of sp³-hybridized carbons (Fsp3) is 0.533. The highest BCUT2D eigenvalue weighted by atomic mass is 35.5. The molecular weight excluding hydrogens is 309 g/mol. The predicted octanol–water partition coefficient (Wildman–Crippen LogP) is 2.85. The van der Waals surface area contributed by atoms with Crippen molar-refractivity contribution in [3.05, 3.63) is 36.0 Å². The molecular formula is C15H25Cl2N3O. The molecule has 2 rings (SSSR count). The molecule has 0 unspecified atom stereocenters. The third-order valence-electron chi connectivity index (χ3n) is 3.49. The van der Waals surface area contributed by atoms with E-state index in [1.165, 1.54) is 11.1 Å². The monoisotopic (exact) mass is 333 g/mol. The molecule has 2 heterocycles. The zero-order valence-electron chi connectivity index (χ0n) is 12.7. The molecule has 0 radical (unpaired) electrons. The standard InChI is InChI=1S/C15H23N3O.2ClH/c1-12(2)10-14(18-8-6-16-7-9-18)13-4-5-15(19-3)17-11-13;;/h4-5,11,14,16H,1,6-10H2,2-3H3;2*1H/t14-;;/m1../s1. The number of rotatable bonds is 5. The van der Waals surface area contributed by atoms with Crippen LogP contribution in [0.3, 0.4) is 0 Å². The quantitative estimate of drug-likeness (QED) is 0.841. The van der Waals surface area contributed by atoms with Gasteiger partial charge in [-0.3, -0.25) is 4.90 Å². The summed E-state index contributed by atoms with van der Waals surface area (Å²) in [4.78, 5) is 6.83. The number of hydrogen-bond acceptors (Lipinski definition) is 4. The maximum atomic E-state index is 5.12. The van der Waals surface area contributed by atoms with E-state index in [0.717, 1.165) is 32.6 Å². The molecule has 1 aliphatic heterocycles. The number of hydrogen-bond donors (Lipinski definition) is 1. The van der Waals surface area contributed by atoms with E-state index in [1.54, 1.807) is 7.11 Å². The normalized spacial score (nSPS) is 16.3. The van der Waals surface area contributed by atoms with Gasteiger partial charge in [0.2, 0.25) is 5.88 Å². The Labute approximate surface area is 139 Å². The third kappa shape index (κ3) is 5.83. The zero-order valence-corrected chi connectivity index (χ0v) is 14.3. The van der Waals surface area contributed by atoms with Crippen LogP contribution in [0.5, 0.6) is 5.88 Å². The molecule has 0 aromatic carbocycles. The Bertz CT molecular complexity index is 419. The van der Waals surface area contributed by atoms with Crippen LogP contribution in [0.25, 0.3) is 0 Å². The second-order valence-electron chi connectivity index (χ2n) is 5.10. The SMILES string of the molecule is C=C(C)C[C@H](c1ccc(OC)nc1)N1CCNCC1.Cl.Cl. The number of methoxy groups -OCH3 is 1. The van der Waals surface area contributed by atoms with Crippen molar-refractivity contribution < 1.29 is 4.74 Å². The first-order chi connectivity index (χ1) is 9.20.